The van der Waals surface area contributed by atoms with Gasteiger partial charge in [0, 0.05) is 31.2 Å². The molecule has 2 aliphatic heterocycles. The molecule has 0 atom stereocenters. The summed E-state index contributed by atoms with van der Waals surface area (Å²) in [5, 5.41) is 13.2. The predicted octanol–water partition coefficient (Wildman–Crippen LogP) is 2.42. The van der Waals surface area contributed by atoms with E-state index >= 15 is 0 Å². The van der Waals surface area contributed by atoms with Crippen molar-refractivity contribution < 1.29 is 14.0 Å². The van der Waals surface area contributed by atoms with Gasteiger partial charge in [-0.05, 0) is 42.5 Å². The number of H-pyrrole nitrogens is 1. The molecule has 142 valence electrons. The Balaban J connectivity index is 1.47. The second-order valence-corrected chi connectivity index (χ2v) is 7.05. The molecule has 1 saturated heterocycles. The molecule has 1 fully saturated rings. The van der Waals surface area contributed by atoms with E-state index in [-0.39, 0.29) is 24.0 Å². The summed E-state index contributed by atoms with van der Waals surface area (Å²) in [6, 6.07) is 2.24. The summed E-state index contributed by atoms with van der Waals surface area (Å²) in [6.45, 7) is 2.01. The molecule has 2 N–H and O–H groups in total. The number of urea groups is 1. The number of nitrogens with zero attached hydrogens (tertiary/aromatic N) is 4. The van der Waals surface area contributed by atoms with E-state index < -0.39 is 11.8 Å². The van der Waals surface area contributed by atoms with E-state index in [9.17, 15) is 14.0 Å². The summed E-state index contributed by atoms with van der Waals surface area (Å²) in [4.78, 5) is 28.3. The summed E-state index contributed by atoms with van der Waals surface area (Å²) in [5.41, 5.74) is 1.63. The molecular formula is C17H18ClFN6O2. The Morgan fingerprint density at radius 3 is 2.70 bits per heavy atom. The number of hydrogen-bond donors (Lipinski definition) is 2. The van der Waals surface area contributed by atoms with Crippen molar-refractivity contribution in [3.8, 4) is 0 Å². The zero-order valence-corrected chi connectivity index (χ0v) is 15.2. The molecule has 0 saturated carbocycles. The number of rotatable bonds is 2. The molecule has 0 unspecified atom stereocenters. The lowest BCUT2D eigenvalue weighted by molar-refractivity contribution is 0.0788. The summed E-state index contributed by atoms with van der Waals surface area (Å²) in [6.07, 6.45) is 2.44. The number of anilines is 1. The van der Waals surface area contributed by atoms with Crippen LogP contribution >= 0.6 is 11.6 Å². The molecule has 3 heterocycles. The van der Waals surface area contributed by atoms with Gasteiger partial charge in [0.05, 0.1) is 0 Å². The van der Waals surface area contributed by atoms with Crippen LogP contribution in [0, 0.1) is 5.82 Å². The standard InChI is InChI=1S/C17H18ClFN6O2/c18-13-8-11(19)7-10-9-25(6-3-12(10)13)17(27)20-15-14(21-23-22-15)16(26)24-4-1-2-5-24/h7-8H,1-6,9H2,(H2,20,21,22,23,27). The zero-order valence-electron chi connectivity index (χ0n) is 14.5. The molecule has 0 radical (unpaired) electrons. The molecule has 1 aromatic carbocycles. The Kier molecular flexibility index (Phi) is 4.69. The van der Waals surface area contributed by atoms with Gasteiger partial charge in [-0.3, -0.25) is 10.1 Å². The van der Waals surface area contributed by atoms with Crippen molar-refractivity contribution in [2.24, 2.45) is 0 Å². The van der Waals surface area contributed by atoms with Gasteiger partial charge in [-0.2, -0.15) is 5.21 Å². The molecule has 0 spiro atoms. The van der Waals surface area contributed by atoms with E-state index in [2.05, 4.69) is 20.7 Å². The highest BCUT2D eigenvalue weighted by atomic mass is 35.5. The average molecular weight is 393 g/mol. The molecule has 2 aliphatic rings. The number of halogens is 2. The maximum atomic E-state index is 13.6. The Morgan fingerprint density at radius 1 is 1.15 bits per heavy atom. The van der Waals surface area contributed by atoms with Gasteiger partial charge >= 0.3 is 6.03 Å². The summed E-state index contributed by atoms with van der Waals surface area (Å²) >= 11 is 6.08. The second-order valence-electron chi connectivity index (χ2n) is 6.65. The van der Waals surface area contributed by atoms with E-state index in [0.29, 0.717) is 36.6 Å². The van der Waals surface area contributed by atoms with Crippen molar-refractivity contribution >= 4 is 29.4 Å². The Bertz CT molecular complexity index is 896. The number of amides is 3. The highest BCUT2D eigenvalue weighted by molar-refractivity contribution is 6.31. The lowest BCUT2D eigenvalue weighted by atomic mass is 10.00. The van der Waals surface area contributed by atoms with Gasteiger partial charge in [0.15, 0.2) is 11.5 Å². The topological polar surface area (TPSA) is 94.2 Å². The van der Waals surface area contributed by atoms with Crippen molar-refractivity contribution in [2.75, 3.05) is 25.0 Å². The molecule has 8 nitrogen and oxygen atoms in total. The van der Waals surface area contributed by atoms with Gasteiger partial charge in [0.1, 0.15) is 5.82 Å². The lowest BCUT2D eigenvalue weighted by Gasteiger charge is -2.29. The van der Waals surface area contributed by atoms with Crippen LogP contribution in [0.25, 0.3) is 0 Å². The molecule has 2 aromatic rings. The number of likely N-dealkylation sites (tertiary alicyclic amines) is 1. The van der Waals surface area contributed by atoms with Gasteiger partial charge in [0.25, 0.3) is 5.91 Å². The van der Waals surface area contributed by atoms with Crippen LogP contribution in [0.15, 0.2) is 12.1 Å². The number of fused-ring (bicyclic) bond motifs is 1. The maximum absolute atomic E-state index is 13.6. The third-order valence-corrected chi connectivity index (χ3v) is 5.24. The predicted molar refractivity (Wildman–Crippen MR) is 96.1 cm³/mol. The van der Waals surface area contributed by atoms with Crippen LogP contribution in [-0.4, -0.2) is 56.8 Å². The minimum atomic E-state index is -0.434. The van der Waals surface area contributed by atoms with Crippen LogP contribution in [-0.2, 0) is 13.0 Å². The molecule has 1 aromatic heterocycles. The Labute approximate surface area is 159 Å². The largest absolute Gasteiger partial charge is 0.337 e. The highest BCUT2D eigenvalue weighted by Gasteiger charge is 2.28. The van der Waals surface area contributed by atoms with E-state index in [0.717, 1.165) is 18.4 Å². The van der Waals surface area contributed by atoms with Crippen molar-refractivity contribution in [3.05, 3.63) is 39.8 Å². The molecule has 0 bridgehead atoms. The number of aromatic nitrogens is 3. The normalized spacial score (nSPS) is 16.4. The number of aromatic amines is 1. The monoisotopic (exact) mass is 392 g/mol. The summed E-state index contributed by atoms with van der Waals surface area (Å²) < 4.78 is 13.6. The second kappa shape index (κ2) is 7.15. The lowest BCUT2D eigenvalue weighted by Crippen LogP contribution is -2.39. The van der Waals surface area contributed by atoms with Crippen molar-refractivity contribution in [3.63, 3.8) is 0 Å². The number of benzene rings is 1. The third kappa shape index (κ3) is 3.46. The van der Waals surface area contributed by atoms with Gasteiger partial charge in [-0.25, -0.2) is 9.18 Å². The van der Waals surface area contributed by atoms with E-state index in [1.54, 1.807) is 4.90 Å². The fraction of sp³-hybridized carbons (Fsp3) is 0.412. The fourth-order valence-corrected chi connectivity index (χ4v) is 3.82. The van der Waals surface area contributed by atoms with E-state index in [1.165, 1.54) is 17.0 Å². The van der Waals surface area contributed by atoms with Crippen LogP contribution in [0.5, 0.6) is 0 Å². The number of hydrogen-bond acceptors (Lipinski definition) is 4. The molecule has 10 heteroatoms. The quantitative estimate of drug-likeness (QED) is 0.820. The molecule has 4 rings (SSSR count). The van der Waals surface area contributed by atoms with Gasteiger partial charge < -0.3 is 9.80 Å². The average Bonchev–Trinajstić information content (AvgIpc) is 3.32. The minimum absolute atomic E-state index is 0.0942. The van der Waals surface area contributed by atoms with E-state index in [4.69, 9.17) is 11.6 Å². The first-order valence-corrected chi connectivity index (χ1v) is 9.13. The minimum Gasteiger partial charge on any atom is -0.337 e. The molecule has 0 aliphatic carbocycles. The number of carbonyl (C=O) groups excluding carboxylic acids is 2. The van der Waals surface area contributed by atoms with Crippen LogP contribution in [0.4, 0.5) is 15.0 Å². The zero-order chi connectivity index (χ0) is 19.0. The van der Waals surface area contributed by atoms with Crippen molar-refractivity contribution in [1.29, 1.82) is 0 Å². The number of carbonyl (C=O) groups is 2. The molecule has 27 heavy (non-hydrogen) atoms. The Hall–Kier alpha value is -2.68. The SMILES string of the molecule is O=C(Nc1n[nH]nc1C(=O)N1CCCC1)N1CCc2c(Cl)cc(F)cc2C1. The molecule has 3 amide bonds. The first-order chi connectivity index (χ1) is 13.0. The van der Waals surface area contributed by atoms with Crippen LogP contribution in [0.2, 0.25) is 5.02 Å². The van der Waals surface area contributed by atoms with Crippen molar-refractivity contribution in [1.82, 2.24) is 25.2 Å². The first kappa shape index (κ1) is 17.7. The van der Waals surface area contributed by atoms with Gasteiger partial charge in [-0.1, -0.05) is 11.6 Å². The van der Waals surface area contributed by atoms with Crippen LogP contribution in [0.1, 0.15) is 34.5 Å². The fourth-order valence-electron chi connectivity index (χ4n) is 3.50. The number of nitrogens with one attached hydrogen (secondary N) is 2. The first-order valence-electron chi connectivity index (χ1n) is 8.75. The van der Waals surface area contributed by atoms with Gasteiger partial charge in [0.2, 0.25) is 0 Å². The van der Waals surface area contributed by atoms with Crippen LogP contribution in [0.3, 0.4) is 0 Å². The van der Waals surface area contributed by atoms with E-state index in [1.807, 2.05) is 0 Å². The van der Waals surface area contributed by atoms with Crippen LogP contribution < -0.4 is 5.32 Å². The smallest absolute Gasteiger partial charge is 0.323 e. The molecular weight excluding hydrogens is 375 g/mol. The summed E-state index contributed by atoms with van der Waals surface area (Å²) in [5.74, 6) is -0.592. The maximum Gasteiger partial charge on any atom is 0.323 e. The van der Waals surface area contributed by atoms with Gasteiger partial charge in [-0.15, -0.1) is 10.2 Å². The third-order valence-electron chi connectivity index (χ3n) is 4.90. The Morgan fingerprint density at radius 2 is 1.93 bits per heavy atom. The van der Waals surface area contributed by atoms with Crippen molar-refractivity contribution in [2.45, 2.75) is 25.8 Å². The summed E-state index contributed by atoms with van der Waals surface area (Å²) in [7, 11) is 0. The highest BCUT2D eigenvalue weighted by Crippen LogP contribution is 2.28.